The van der Waals surface area contributed by atoms with Gasteiger partial charge in [-0.25, -0.2) is 4.57 Å². The van der Waals surface area contributed by atoms with Crippen molar-refractivity contribution in [1.29, 1.82) is 0 Å². The first-order valence-corrected chi connectivity index (χ1v) is 5.20. The van der Waals surface area contributed by atoms with Crippen molar-refractivity contribution in [2.75, 3.05) is 6.61 Å². The van der Waals surface area contributed by atoms with E-state index in [4.69, 9.17) is 9.79 Å². The molecule has 0 unspecified atom stereocenters. The van der Waals surface area contributed by atoms with Crippen molar-refractivity contribution in [2.24, 2.45) is 0 Å². The summed E-state index contributed by atoms with van der Waals surface area (Å²) >= 11 is 0. The molecule has 72 valence electrons. The highest BCUT2D eigenvalue weighted by atomic mass is 31.2. The van der Waals surface area contributed by atoms with Gasteiger partial charge in [0.05, 0.1) is 6.61 Å². The maximum atomic E-state index is 10.7. The minimum atomic E-state index is -4.35. The highest BCUT2D eigenvalue weighted by molar-refractivity contribution is 7.46. The van der Waals surface area contributed by atoms with E-state index in [2.05, 4.69) is 4.52 Å². The Kier molecular flexibility index (Phi) is 5.33. The molecule has 0 radical (unpaired) electrons. The Morgan fingerprint density at radius 3 is 2.50 bits per heavy atom. The zero-order valence-corrected chi connectivity index (χ0v) is 7.79. The monoisotopic (exact) mass is 196 g/mol. The van der Waals surface area contributed by atoms with Crippen LogP contribution in [0.3, 0.4) is 0 Å². The topological polar surface area (TPSA) is 83.8 Å². The summed E-state index contributed by atoms with van der Waals surface area (Å²) in [6.45, 7) is 1.67. The van der Waals surface area contributed by atoms with Gasteiger partial charge in [0.15, 0.2) is 0 Å². The van der Waals surface area contributed by atoms with Crippen LogP contribution in [0.5, 0.6) is 0 Å². The second kappa shape index (κ2) is 5.43. The van der Waals surface area contributed by atoms with Gasteiger partial charge in [0.2, 0.25) is 0 Å². The number of phosphoric acid groups is 1. The molecule has 0 fully saturated rings. The maximum Gasteiger partial charge on any atom is 0.469 e. The zero-order valence-electron chi connectivity index (χ0n) is 6.89. The van der Waals surface area contributed by atoms with Crippen molar-refractivity contribution in [1.82, 2.24) is 0 Å². The van der Waals surface area contributed by atoms with E-state index in [-0.39, 0.29) is 12.4 Å². The smallest absolute Gasteiger partial charge is 0.303 e. The molecular formula is C6H13O5P. The first-order valence-electron chi connectivity index (χ1n) is 3.67. The lowest BCUT2D eigenvalue weighted by atomic mass is 10.2. The van der Waals surface area contributed by atoms with Gasteiger partial charge in [-0.05, 0) is 6.42 Å². The van der Waals surface area contributed by atoms with Crippen LogP contribution in [0.1, 0.15) is 26.2 Å². The standard InChI is InChI=1S/C6H13O5P/c1-2-6(7)4-3-5-11-12(8,9)10/h2-5H2,1H3,(H2,8,9,10). The summed E-state index contributed by atoms with van der Waals surface area (Å²) in [5, 5.41) is 0. The van der Waals surface area contributed by atoms with Crippen LogP contribution in [0.2, 0.25) is 0 Å². The van der Waals surface area contributed by atoms with E-state index in [1.807, 2.05) is 0 Å². The summed E-state index contributed by atoms with van der Waals surface area (Å²) in [6, 6.07) is 0. The SMILES string of the molecule is CCC(=O)CCCOP(=O)(O)O. The van der Waals surface area contributed by atoms with Crippen molar-refractivity contribution in [3.8, 4) is 0 Å². The molecule has 6 heteroatoms. The van der Waals surface area contributed by atoms with Crippen molar-refractivity contribution < 1.29 is 23.7 Å². The summed E-state index contributed by atoms with van der Waals surface area (Å²) < 4.78 is 14.3. The van der Waals surface area contributed by atoms with E-state index < -0.39 is 7.82 Å². The van der Waals surface area contributed by atoms with Gasteiger partial charge >= 0.3 is 7.82 Å². The summed E-state index contributed by atoms with van der Waals surface area (Å²) in [7, 11) is -4.35. The summed E-state index contributed by atoms with van der Waals surface area (Å²) in [5.41, 5.74) is 0. The third-order valence-electron chi connectivity index (χ3n) is 1.25. The second-order valence-electron chi connectivity index (χ2n) is 2.32. The lowest BCUT2D eigenvalue weighted by molar-refractivity contribution is -0.119. The predicted octanol–water partition coefficient (Wildman–Crippen LogP) is 0.855. The average molecular weight is 196 g/mol. The molecule has 0 aliphatic heterocycles. The molecule has 0 rings (SSSR count). The van der Waals surface area contributed by atoms with Crippen molar-refractivity contribution in [3.05, 3.63) is 0 Å². The van der Waals surface area contributed by atoms with Gasteiger partial charge in [0.25, 0.3) is 0 Å². The predicted molar refractivity (Wildman–Crippen MR) is 42.5 cm³/mol. The molecular weight excluding hydrogens is 183 g/mol. The zero-order chi connectivity index (χ0) is 9.61. The van der Waals surface area contributed by atoms with Crippen LogP contribution in [-0.2, 0) is 13.9 Å². The van der Waals surface area contributed by atoms with Crippen LogP contribution in [0.4, 0.5) is 0 Å². The van der Waals surface area contributed by atoms with E-state index in [9.17, 15) is 9.36 Å². The molecule has 0 aliphatic rings. The number of hydrogen-bond donors (Lipinski definition) is 2. The molecule has 0 aromatic carbocycles. The summed E-state index contributed by atoms with van der Waals surface area (Å²) in [5.74, 6) is 0.0734. The summed E-state index contributed by atoms with van der Waals surface area (Å²) in [6.07, 6.45) is 1.13. The first-order chi connectivity index (χ1) is 5.45. The Balaban J connectivity index is 3.34. The minimum Gasteiger partial charge on any atom is -0.303 e. The molecule has 0 aromatic rings. The molecule has 2 N–H and O–H groups in total. The third kappa shape index (κ3) is 7.88. The van der Waals surface area contributed by atoms with Gasteiger partial charge in [0, 0.05) is 12.8 Å². The van der Waals surface area contributed by atoms with E-state index in [1.54, 1.807) is 6.92 Å². The number of ketones is 1. The van der Waals surface area contributed by atoms with Crippen molar-refractivity contribution >= 4 is 13.6 Å². The normalized spacial score (nSPS) is 11.6. The van der Waals surface area contributed by atoms with E-state index in [0.717, 1.165) is 0 Å². The fourth-order valence-electron chi connectivity index (χ4n) is 0.630. The van der Waals surface area contributed by atoms with Crippen LogP contribution in [0.25, 0.3) is 0 Å². The Morgan fingerprint density at radius 1 is 1.50 bits per heavy atom. The Morgan fingerprint density at radius 2 is 2.08 bits per heavy atom. The number of carbonyl (C=O) groups excluding carboxylic acids is 1. The number of carbonyl (C=O) groups is 1. The lowest BCUT2D eigenvalue weighted by Crippen LogP contribution is -1.98. The molecule has 12 heavy (non-hydrogen) atoms. The van der Waals surface area contributed by atoms with Crippen molar-refractivity contribution in [2.45, 2.75) is 26.2 Å². The molecule has 0 bridgehead atoms. The highest BCUT2D eigenvalue weighted by Gasteiger charge is 2.12. The van der Waals surface area contributed by atoms with Gasteiger partial charge < -0.3 is 9.79 Å². The lowest BCUT2D eigenvalue weighted by Gasteiger charge is -2.03. The fourth-order valence-corrected chi connectivity index (χ4v) is 0.997. The van der Waals surface area contributed by atoms with Gasteiger partial charge in [-0.15, -0.1) is 0 Å². The molecule has 0 aliphatic carbocycles. The molecule has 5 nitrogen and oxygen atoms in total. The molecule has 0 atom stereocenters. The van der Waals surface area contributed by atoms with E-state index in [0.29, 0.717) is 19.3 Å². The number of Topliss-reactive ketones (excluding diaryl/α,β-unsaturated/α-hetero) is 1. The minimum absolute atomic E-state index is 0.0734. The van der Waals surface area contributed by atoms with Crippen LogP contribution < -0.4 is 0 Å². The Hall–Kier alpha value is -0.220. The number of hydrogen-bond acceptors (Lipinski definition) is 3. The highest BCUT2D eigenvalue weighted by Crippen LogP contribution is 2.35. The van der Waals surface area contributed by atoms with Crippen LogP contribution in [0.15, 0.2) is 0 Å². The van der Waals surface area contributed by atoms with E-state index in [1.165, 1.54) is 0 Å². The van der Waals surface area contributed by atoms with Crippen LogP contribution in [0, 0.1) is 0 Å². The van der Waals surface area contributed by atoms with Crippen LogP contribution in [-0.4, -0.2) is 22.2 Å². The molecule has 0 saturated carbocycles. The number of phosphoric ester groups is 1. The quantitative estimate of drug-likeness (QED) is 0.486. The van der Waals surface area contributed by atoms with Gasteiger partial charge in [-0.1, -0.05) is 6.92 Å². The molecule has 0 amide bonds. The second-order valence-corrected chi connectivity index (χ2v) is 3.56. The molecule has 0 aromatic heterocycles. The van der Waals surface area contributed by atoms with E-state index >= 15 is 0 Å². The molecule has 0 spiro atoms. The third-order valence-corrected chi connectivity index (χ3v) is 1.77. The Bertz CT molecular complexity index is 184. The van der Waals surface area contributed by atoms with Crippen molar-refractivity contribution in [3.63, 3.8) is 0 Å². The van der Waals surface area contributed by atoms with Gasteiger partial charge in [0.1, 0.15) is 5.78 Å². The largest absolute Gasteiger partial charge is 0.469 e. The fraction of sp³-hybridized carbons (Fsp3) is 0.833. The molecule has 0 saturated heterocycles. The maximum absolute atomic E-state index is 10.7. The van der Waals surface area contributed by atoms with Crippen LogP contribution >= 0.6 is 7.82 Å². The Labute approximate surface area is 71.0 Å². The summed E-state index contributed by atoms with van der Waals surface area (Å²) in [4.78, 5) is 27.2. The average Bonchev–Trinajstić information content (AvgIpc) is 1.96. The first kappa shape index (κ1) is 11.8. The van der Waals surface area contributed by atoms with Gasteiger partial charge in [-0.2, -0.15) is 0 Å². The van der Waals surface area contributed by atoms with Gasteiger partial charge in [-0.3, -0.25) is 9.32 Å². The molecule has 0 heterocycles. The number of rotatable bonds is 6.